The molecule has 0 aliphatic carbocycles. The van der Waals surface area contributed by atoms with Crippen LogP contribution in [0.3, 0.4) is 0 Å². The summed E-state index contributed by atoms with van der Waals surface area (Å²) < 4.78 is 1.90. The molecule has 3 nitrogen and oxygen atoms in total. The normalized spacial score (nSPS) is 12.4. The van der Waals surface area contributed by atoms with Crippen molar-refractivity contribution in [2.24, 2.45) is 10.1 Å². The molecule has 0 bridgehead atoms. The molecular weight excluding hydrogens is 362 g/mol. The molecular formula is C21H22ClN3S. The Kier molecular flexibility index (Phi) is 6.07. The van der Waals surface area contributed by atoms with E-state index in [1.165, 1.54) is 5.56 Å². The van der Waals surface area contributed by atoms with Gasteiger partial charge < -0.3 is 0 Å². The van der Waals surface area contributed by atoms with Crippen LogP contribution in [0.25, 0.3) is 11.3 Å². The first-order valence-electron chi connectivity index (χ1n) is 8.69. The van der Waals surface area contributed by atoms with Crippen LogP contribution in [0, 0.1) is 0 Å². The van der Waals surface area contributed by atoms with Crippen LogP contribution >= 0.6 is 22.9 Å². The zero-order valence-electron chi connectivity index (χ0n) is 15.2. The van der Waals surface area contributed by atoms with Crippen molar-refractivity contribution in [3.05, 3.63) is 74.9 Å². The molecule has 0 radical (unpaired) electrons. The molecule has 2 aromatic carbocycles. The second-order valence-electron chi connectivity index (χ2n) is 6.26. The molecule has 3 aromatic rings. The Morgan fingerprint density at radius 1 is 1.08 bits per heavy atom. The monoisotopic (exact) mass is 383 g/mol. The molecule has 0 N–H and O–H groups in total. The van der Waals surface area contributed by atoms with E-state index in [4.69, 9.17) is 16.7 Å². The Morgan fingerprint density at radius 3 is 2.38 bits per heavy atom. The Hall–Kier alpha value is -2.17. The van der Waals surface area contributed by atoms with Crippen molar-refractivity contribution in [1.29, 1.82) is 0 Å². The maximum atomic E-state index is 6.02. The van der Waals surface area contributed by atoms with Gasteiger partial charge in [-0.25, -0.2) is 4.68 Å². The molecule has 0 saturated heterocycles. The molecule has 5 heteroatoms. The quantitative estimate of drug-likeness (QED) is 0.498. The third kappa shape index (κ3) is 4.32. The first kappa shape index (κ1) is 18.6. The van der Waals surface area contributed by atoms with Crippen molar-refractivity contribution in [1.82, 2.24) is 4.68 Å². The van der Waals surface area contributed by atoms with Gasteiger partial charge in [0.15, 0.2) is 0 Å². The average Bonchev–Trinajstić information content (AvgIpc) is 3.04. The van der Waals surface area contributed by atoms with E-state index in [2.05, 4.69) is 48.5 Å². The van der Waals surface area contributed by atoms with Gasteiger partial charge in [-0.05, 0) is 36.1 Å². The maximum Gasteiger partial charge on any atom is 0.206 e. The molecule has 0 aliphatic heterocycles. The van der Waals surface area contributed by atoms with Gasteiger partial charge in [-0.3, -0.25) is 4.99 Å². The lowest BCUT2D eigenvalue weighted by atomic mass is 10.0. The Bertz CT molecular complexity index is 948. The van der Waals surface area contributed by atoms with Gasteiger partial charge in [0.05, 0.1) is 11.9 Å². The minimum absolute atomic E-state index is 0.527. The molecule has 0 fully saturated rings. The van der Waals surface area contributed by atoms with E-state index in [0.29, 0.717) is 5.92 Å². The molecule has 0 atom stereocenters. The molecule has 1 aromatic heterocycles. The summed E-state index contributed by atoms with van der Waals surface area (Å²) >= 11 is 7.61. The van der Waals surface area contributed by atoms with E-state index in [-0.39, 0.29) is 0 Å². The van der Waals surface area contributed by atoms with Crippen molar-refractivity contribution in [2.45, 2.75) is 26.7 Å². The zero-order valence-corrected chi connectivity index (χ0v) is 16.8. The summed E-state index contributed by atoms with van der Waals surface area (Å²) in [5.74, 6) is 0.527. The highest BCUT2D eigenvalue weighted by Gasteiger charge is 2.07. The van der Waals surface area contributed by atoms with E-state index < -0.39 is 0 Å². The summed E-state index contributed by atoms with van der Waals surface area (Å²) in [7, 11) is 0. The first-order valence-corrected chi connectivity index (χ1v) is 9.95. The van der Waals surface area contributed by atoms with Crippen LogP contribution in [0.15, 0.2) is 64.0 Å². The predicted octanol–water partition coefficient (Wildman–Crippen LogP) is 5.80. The number of thiazole rings is 1. The standard InChI is InChI=1S/C21H22ClN3S/c1-4-23-21-25(20(14-26-21)18-9-11-19(22)12-10-18)24-13-16-5-7-17(8-6-16)15(2)3/h5-15H,4H2,1-3H3. The van der Waals surface area contributed by atoms with E-state index >= 15 is 0 Å². The number of hydrogen-bond acceptors (Lipinski definition) is 3. The summed E-state index contributed by atoms with van der Waals surface area (Å²) in [5.41, 5.74) is 4.47. The van der Waals surface area contributed by atoms with Crippen LogP contribution in [0.5, 0.6) is 0 Å². The molecule has 0 aliphatic rings. The molecule has 134 valence electrons. The molecule has 1 heterocycles. The summed E-state index contributed by atoms with van der Waals surface area (Å²) in [6.07, 6.45) is 1.88. The van der Waals surface area contributed by atoms with E-state index in [9.17, 15) is 0 Å². The lowest BCUT2D eigenvalue weighted by Gasteiger charge is -2.05. The molecule has 0 amide bonds. The van der Waals surface area contributed by atoms with Gasteiger partial charge in [-0.15, -0.1) is 11.3 Å². The topological polar surface area (TPSA) is 29.6 Å². The smallest absolute Gasteiger partial charge is 0.206 e. The fourth-order valence-corrected chi connectivity index (χ4v) is 3.59. The Labute approximate surface area is 163 Å². The second kappa shape index (κ2) is 8.47. The largest absolute Gasteiger partial charge is 0.258 e. The maximum absolute atomic E-state index is 6.02. The van der Waals surface area contributed by atoms with Gasteiger partial charge in [-0.1, -0.05) is 61.8 Å². The zero-order chi connectivity index (χ0) is 18.5. The third-order valence-corrected chi connectivity index (χ3v) is 5.15. The van der Waals surface area contributed by atoms with Crippen LogP contribution < -0.4 is 4.80 Å². The number of hydrogen-bond donors (Lipinski definition) is 0. The second-order valence-corrected chi connectivity index (χ2v) is 7.54. The van der Waals surface area contributed by atoms with Crippen LogP contribution in [0.1, 0.15) is 37.8 Å². The highest BCUT2D eigenvalue weighted by molar-refractivity contribution is 7.07. The van der Waals surface area contributed by atoms with Gasteiger partial charge in [0.25, 0.3) is 0 Å². The highest BCUT2D eigenvalue weighted by Crippen LogP contribution is 2.22. The van der Waals surface area contributed by atoms with Crippen LogP contribution in [0.2, 0.25) is 5.02 Å². The summed E-state index contributed by atoms with van der Waals surface area (Å²) in [4.78, 5) is 5.44. The summed E-state index contributed by atoms with van der Waals surface area (Å²) in [6.45, 7) is 7.14. The highest BCUT2D eigenvalue weighted by atomic mass is 35.5. The number of aromatic nitrogens is 1. The minimum Gasteiger partial charge on any atom is -0.258 e. The average molecular weight is 384 g/mol. The number of benzene rings is 2. The van der Waals surface area contributed by atoms with Crippen LogP contribution in [-0.2, 0) is 0 Å². The molecule has 0 spiro atoms. The Morgan fingerprint density at radius 2 is 1.77 bits per heavy atom. The van der Waals surface area contributed by atoms with Gasteiger partial charge in [0, 0.05) is 22.5 Å². The third-order valence-electron chi connectivity index (χ3n) is 4.04. The summed E-state index contributed by atoms with van der Waals surface area (Å²) in [6, 6.07) is 16.3. The SMILES string of the molecule is CCN=c1scc(-c2ccc(Cl)cc2)n1N=Cc1ccc(C(C)C)cc1. The van der Waals surface area contributed by atoms with Gasteiger partial charge >= 0.3 is 0 Å². The van der Waals surface area contributed by atoms with Crippen molar-refractivity contribution in [3.63, 3.8) is 0 Å². The van der Waals surface area contributed by atoms with E-state index in [1.807, 2.05) is 42.1 Å². The van der Waals surface area contributed by atoms with Crippen LogP contribution in [-0.4, -0.2) is 17.4 Å². The fraction of sp³-hybridized carbons (Fsp3) is 0.238. The van der Waals surface area contributed by atoms with Crippen molar-refractivity contribution in [2.75, 3.05) is 6.54 Å². The van der Waals surface area contributed by atoms with Crippen molar-refractivity contribution < 1.29 is 0 Å². The minimum atomic E-state index is 0.527. The number of halogens is 1. The predicted molar refractivity (Wildman–Crippen MR) is 112 cm³/mol. The number of rotatable bonds is 5. The van der Waals surface area contributed by atoms with E-state index in [1.54, 1.807) is 11.3 Å². The van der Waals surface area contributed by atoms with Gasteiger partial charge in [0.2, 0.25) is 4.80 Å². The molecule has 0 unspecified atom stereocenters. The van der Waals surface area contributed by atoms with Crippen molar-refractivity contribution in [3.8, 4) is 11.3 Å². The fourth-order valence-electron chi connectivity index (χ4n) is 2.56. The van der Waals surface area contributed by atoms with Crippen molar-refractivity contribution >= 4 is 29.2 Å². The lowest BCUT2D eigenvalue weighted by Crippen LogP contribution is -2.12. The van der Waals surface area contributed by atoms with Crippen LogP contribution in [0.4, 0.5) is 0 Å². The van der Waals surface area contributed by atoms with E-state index in [0.717, 1.165) is 33.2 Å². The first-order chi connectivity index (χ1) is 12.6. The lowest BCUT2D eigenvalue weighted by molar-refractivity contribution is 0.833. The summed E-state index contributed by atoms with van der Waals surface area (Å²) in [5, 5.41) is 7.51. The number of nitrogens with zero attached hydrogens (tertiary/aromatic N) is 3. The van der Waals surface area contributed by atoms with Gasteiger partial charge in [-0.2, -0.15) is 5.10 Å². The molecule has 0 saturated carbocycles. The Balaban J connectivity index is 1.98. The molecule has 3 rings (SSSR count). The van der Waals surface area contributed by atoms with Gasteiger partial charge in [0.1, 0.15) is 0 Å². The molecule has 26 heavy (non-hydrogen) atoms.